The number of carbonyl (C=O) groups excluding carboxylic acids is 2. The van der Waals surface area contributed by atoms with Crippen molar-refractivity contribution in [3.63, 3.8) is 0 Å². The second kappa shape index (κ2) is 8.85. The first-order valence-electron chi connectivity index (χ1n) is 8.56. The normalized spacial score (nSPS) is 23.5. The van der Waals surface area contributed by atoms with Gasteiger partial charge in [0.1, 0.15) is 0 Å². The van der Waals surface area contributed by atoms with E-state index >= 15 is 0 Å². The predicted octanol–water partition coefficient (Wildman–Crippen LogP) is 2.86. The van der Waals surface area contributed by atoms with Crippen LogP contribution in [0.5, 0.6) is 0 Å². The Labute approximate surface area is 154 Å². The number of halogens is 3. The molecule has 1 heterocycles. The van der Waals surface area contributed by atoms with E-state index in [2.05, 4.69) is 10.6 Å². The molecule has 0 aromatic carbocycles. The lowest BCUT2D eigenvalue weighted by molar-refractivity contribution is -0.199. The van der Waals surface area contributed by atoms with Gasteiger partial charge in [0, 0.05) is 30.5 Å². The van der Waals surface area contributed by atoms with E-state index in [1.54, 1.807) is 16.8 Å². The standard InChI is InChI=1S/C17H23F3N2O3S/c18-17(19,20)13-3-1-6-16(25,9-13)11-22-14(23)4-2-7-21-15(24)12-5-8-26-10-12/h5,8,10,13,25H,1-4,6-7,9,11H2,(H,21,24)(H,22,23)/t13-,16-/m1/s1. The van der Waals surface area contributed by atoms with Crippen molar-refractivity contribution in [2.24, 2.45) is 5.92 Å². The zero-order valence-corrected chi connectivity index (χ0v) is 15.1. The number of alkyl halides is 3. The molecule has 1 fully saturated rings. The lowest BCUT2D eigenvalue weighted by Crippen LogP contribution is -2.48. The molecule has 0 aliphatic heterocycles. The van der Waals surface area contributed by atoms with E-state index in [9.17, 15) is 27.9 Å². The van der Waals surface area contributed by atoms with Gasteiger partial charge in [0.2, 0.25) is 5.91 Å². The van der Waals surface area contributed by atoms with Gasteiger partial charge in [0.25, 0.3) is 5.91 Å². The van der Waals surface area contributed by atoms with Crippen molar-refractivity contribution in [1.29, 1.82) is 0 Å². The molecule has 146 valence electrons. The van der Waals surface area contributed by atoms with Crippen LogP contribution in [-0.2, 0) is 4.79 Å². The molecule has 26 heavy (non-hydrogen) atoms. The zero-order chi connectivity index (χ0) is 19.2. The first-order valence-corrected chi connectivity index (χ1v) is 9.50. The van der Waals surface area contributed by atoms with E-state index in [1.807, 2.05) is 0 Å². The highest BCUT2D eigenvalue weighted by Crippen LogP contribution is 2.41. The quantitative estimate of drug-likeness (QED) is 0.625. The summed E-state index contributed by atoms with van der Waals surface area (Å²) in [6, 6.07) is 1.70. The average molecular weight is 392 g/mol. The van der Waals surface area contributed by atoms with Gasteiger partial charge in [-0.25, -0.2) is 0 Å². The van der Waals surface area contributed by atoms with E-state index in [0.717, 1.165) is 0 Å². The van der Waals surface area contributed by atoms with E-state index in [0.29, 0.717) is 18.5 Å². The number of hydrogen-bond acceptors (Lipinski definition) is 4. The highest BCUT2D eigenvalue weighted by atomic mass is 32.1. The number of thiophene rings is 1. The molecule has 1 aliphatic rings. The largest absolute Gasteiger partial charge is 0.391 e. The maximum atomic E-state index is 12.8. The number of hydrogen-bond donors (Lipinski definition) is 3. The minimum atomic E-state index is -4.32. The monoisotopic (exact) mass is 392 g/mol. The van der Waals surface area contributed by atoms with Crippen molar-refractivity contribution in [2.45, 2.75) is 50.3 Å². The molecule has 2 amide bonds. The van der Waals surface area contributed by atoms with Crippen LogP contribution in [0, 0.1) is 5.92 Å². The summed E-state index contributed by atoms with van der Waals surface area (Å²) in [5.74, 6) is -2.08. The molecule has 1 aliphatic carbocycles. The molecule has 0 spiro atoms. The molecule has 0 unspecified atom stereocenters. The first-order chi connectivity index (χ1) is 12.2. The topological polar surface area (TPSA) is 78.4 Å². The number of nitrogens with one attached hydrogen (secondary N) is 2. The molecule has 1 saturated carbocycles. The predicted molar refractivity (Wildman–Crippen MR) is 91.9 cm³/mol. The van der Waals surface area contributed by atoms with Crippen LogP contribution >= 0.6 is 11.3 Å². The number of amides is 2. The van der Waals surface area contributed by atoms with E-state index in [4.69, 9.17) is 0 Å². The van der Waals surface area contributed by atoms with Crippen molar-refractivity contribution in [3.8, 4) is 0 Å². The van der Waals surface area contributed by atoms with Crippen molar-refractivity contribution in [1.82, 2.24) is 10.6 Å². The Balaban J connectivity index is 1.65. The molecule has 0 saturated heterocycles. The summed E-state index contributed by atoms with van der Waals surface area (Å²) in [5, 5.41) is 19.1. The highest BCUT2D eigenvalue weighted by Gasteiger charge is 2.46. The summed E-state index contributed by atoms with van der Waals surface area (Å²) >= 11 is 1.41. The van der Waals surface area contributed by atoms with Crippen LogP contribution in [0.25, 0.3) is 0 Å². The minimum Gasteiger partial charge on any atom is -0.388 e. The Morgan fingerprint density at radius 3 is 2.77 bits per heavy atom. The molecule has 0 radical (unpaired) electrons. The van der Waals surface area contributed by atoms with E-state index in [1.165, 1.54) is 11.3 Å². The zero-order valence-electron chi connectivity index (χ0n) is 14.3. The summed E-state index contributed by atoms with van der Waals surface area (Å²) < 4.78 is 38.5. The van der Waals surface area contributed by atoms with Gasteiger partial charge >= 0.3 is 6.18 Å². The lowest BCUT2D eigenvalue weighted by atomic mass is 9.77. The van der Waals surface area contributed by atoms with E-state index < -0.39 is 17.7 Å². The van der Waals surface area contributed by atoms with Gasteiger partial charge in [0.15, 0.2) is 0 Å². The summed E-state index contributed by atoms with van der Waals surface area (Å²) in [7, 11) is 0. The number of aliphatic hydroxyl groups is 1. The number of rotatable bonds is 7. The summed E-state index contributed by atoms with van der Waals surface area (Å²) in [4.78, 5) is 23.5. The summed E-state index contributed by atoms with van der Waals surface area (Å²) in [6.07, 6.45) is -3.62. The SMILES string of the molecule is O=C(CCCNC(=O)c1ccsc1)NC[C@@]1(O)CCC[C@@H](C(F)(F)F)C1. The van der Waals surface area contributed by atoms with Crippen LogP contribution in [0.3, 0.4) is 0 Å². The van der Waals surface area contributed by atoms with Gasteiger partial charge in [-0.1, -0.05) is 0 Å². The van der Waals surface area contributed by atoms with Crippen LogP contribution in [0.2, 0.25) is 0 Å². The average Bonchev–Trinajstić information content (AvgIpc) is 3.11. The van der Waals surface area contributed by atoms with Crippen molar-refractivity contribution < 1.29 is 27.9 Å². The first kappa shape index (κ1) is 20.7. The second-order valence-electron chi connectivity index (χ2n) is 6.71. The fourth-order valence-corrected chi connectivity index (χ4v) is 3.71. The third-order valence-electron chi connectivity index (χ3n) is 4.55. The van der Waals surface area contributed by atoms with Gasteiger partial charge in [-0.05, 0) is 43.6 Å². The van der Waals surface area contributed by atoms with Crippen molar-refractivity contribution in [3.05, 3.63) is 22.4 Å². The molecule has 0 bridgehead atoms. The third-order valence-corrected chi connectivity index (χ3v) is 5.23. The van der Waals surface area contributed by atoms with Crippen LogP contribution in [0.15, 0.2) is 16.8 Å². The van der Waals surface area contributed by atoms with Crippen LogP contribution in [-0.4, -0.2) is 41.8 Å². The molecule has 1 aromatic heterocycles. The summed E-state index contributed by atoms with van der Waals surface area (Å²) in [6.45, 7) is 0.141. The molecule has 9 heteroatoms. The number of carbonyl (C=O) groups is 2. The van der Waals surface area contributed by atoms with Crippen molar-refractivity contribution in [2.75, 3.05) is 13.1 Å². The molecular weight excluding hydrogens is 369 g/mol. The van der Waals surface area contributed by atoms with Crippen molar-refractivity contribution >= 4 is 23.2 Å². The Kier molecular flexibility index (Phi) is 7.05. The Hall–Kier alpha value is -1.61. The van der Waals surface area contributed by atoms with Gasteiger partial charge in [-0.2, -0.15) is 24.5 Å². The maximum Gasteiger partial charge on any atom is 0.391 e. The molecule has 2 rings (SSSR count). The molecule has 2 atom stereocenters. The fourth-order valence-electron chi connectivity index (χ4n) is 3.08. The molecular formula is C17H23F3N2O3S. The highest BCUT2D eigenvalue weighted by molar-refractivity contribution is 7.08. The fraction of sp³-hybridized carbons (Fsp3) is 0.647. The van der Waals surface area contributed by atoms with Gasteiger partial charge in [-0.3, -0.25) is 9.59 Å². The van der Waals surface area contributed by atoms with Crippen LogP contribution < -0.4 is 10.6 Å². The second-order valence-corrected chi connectivity index (χ2v) is 7.49. The van der Waals surface area contributed by atoms with Gasteiger partial charge in [0.05, 0.1) is 11.5 Å². The Morgan fingerprint density at radius 2 is 2.12 bits per heavy atom. The lowest BCUT2D eigenvalue weighted by Gasteiger charge is -2.37. The smallest absolute Gasteiger partial charge is 0.388 e. The summed E-state index contributed by atoms with van der Waals surface area (Å²) in [5.41, 5.74) is -0.945. The molecule has 3 N–H and O–H groups in total. The van der Waals surface area contributed by atoms with Gasteiger partial charge in [-0.15, -0.1) is 0 Å². The molecule has 1 aromatic rings. The van der Waals surface area contributed by atoms with E-state index in [-0.39, 0.29) is 50.5 Å². The van der Waals surface area contributed by atoms with Crippen LogP contribution in [0.1, 0.15) is 48.9 Å². The maximum absolute atomic E-state index is 12.8. The Bertz CT molecular complexity index is 607. The van der Waals surface area contributed by atoms with Crippen LogP contribution in [0.4, 0.5) is 13.2 Å². The minimum absolute atomic E-state index is 0.0174. The Morgan fingerprint density at radius 1 is 1.35 bits per heavy atom. The van der Waals surface area contributed by atoms with Gasteiger partial charge < -0.3 is 15.7 Å². The molecule has 5 nitrogen and oxygen atoms in total. The third kappa shape index (κ3) is 6.28.